The Morgan fingerprint density at radius 1 is 1.06 bits per heavy atom. The van der Waals surface area contributed by atoms with Crippen LogP contribution in [0.3, 0.4) is 0 Å². The van der Waals surface area contributed by atoms with E-state index in [1.807, 2.05) is 0 Å². The highest BCUT2D eigenvalue weighted by Crippen LogP contribution is 2.41. The first-order valence-corrected chi connectivity index (χ1v) is 11.2. The van der Waals surface area contributed by atoms with Gasteiger partial charge in [0.05, 0.1) is 24.3 Å². The molecule has 4 rings (SSSR count). The number of nitrogens with zero attached hydrogens (tertiary/aromatic N) is 1. The first-order chi connectivity index (χ1) is 16.4. The Morgan fingerprint density at radius 2 is 1.77 bits per heavy atom. The second-order valence-corrected chi connectivity index (χ2v) is 9.11. The molecule has 0 saturated carbocycles. The summed E-state index contributed by atoms with van der Waals surface area (Å²) in [6.45, 7) is -0.120. The number of allylic oxidation sites excluding steroid dienone is 3. The van der Waals surface area contributed by atoms with Crippen LogP contribution in [-0.2, 0) is 19.9 Å². The van der Waals surface area contributed by atoms with Crippen molar-refractivity contribution in [2.45, 2.75) is 49.6 Å². The number of amides is 2. The lowest BCUT2D eigenvalue weighted by molar-refractivity contribution is -0.135. The molecule has 2 fully saturated rings. The monoisotopic (exact) mass is 502 g/mol. The Bertz CT molecular complexity index is 1030. The molecule has 1 N–H and O–H groups in total. The van der Waals surface area contributed by atoms with Gasteiger partial charge in [-0.3, -0.25) is 9.59 Å². The summed E-state index contributed by atoms with van der Waals surface area (Å²) in [7, 11) is 0. The minimum Gasteiger partial charge on any atom is -0.378 e. The van der Waals surface area contributed by atoms with Crippen LogP contribution in [0.15, 0.2) is 53.6 Å². The molecule has 1 aromatic carbocycles. The van der Waals surface area contributed by atoms with Crippen molar-refractivity contribution in [1.29, 1.82) is 0 Å². The minimum absolute atomic E-state index is 0.131. The number of halogens is 6. The number of rotatable bonds is 6. The van der Waals surface area contributed by atoms with Crippen molar-refractivity contribution in [3.05, 3.63) is 59.2 Å². The third kappa shape index (κ3) is 5.39. The number of benzene rings is 1. The van der Waals surface area contributed by atoms with Gasteiger partial charge in [-0.1, -0.05) is 36.4 Å². The van der Waals surface area contributed by atoms with Crippen molar-refractivity contribution in [3.8, 4) is 0 Å². The van der Waals surface area contributed by atoms with Crippen molar-refractivity contribution >= 4 is 11.8 Å². The summed E-state index contributed by atoms with van der Waals surface area (Å²) >= 11 is 0. The molecule has 0 radical (unpaired) electrons. The van der Waals surface area contributed by atoms with E-state index in [0.717, 1.165) is 6.08 Å². The fourth-order valence-corrected chi connectivity index (χ4v) is 4.92. The predicted molar refractivity (Wildman–Crippen MR) is 113 cm³/mol. The fourth-order valence-electron chi connectivity index (χ4n) is 4.92. The van der Waals surface area contributed by atoms with Gasteiger partial charge in [0.25, 0.3) is 0 Å². The van der Waals surface area contributed by atoms with Gasteiger partial charge in [-0.05, 0) is 24.5 Å². The number of carbonyl (C=O) groups is 2. The number of hydrogen-bond acceptors (Lipinski definition) is 3. The first-order valence-electron chi connectivity index (χ1n) is 11.2. The molecule has 190 valence electrons. The van der Waals surface area contributed by atoms with E-state index in [0.29, 0.717) is 24.9 Å². The summed E-state index contributed by atoms with van der Waals surface area (Å²) < 4.78 is 84.9. The lowest BCUT2D eigenvalue weighted by Crippen LogP contribution is -2.43. The van der Waals surface area contributed by atoms with E-state index >= 15 is 0 Å². The Labute approximate surface area is 197 Å². The third-order valence-electron chi connectivity index (χ3n) is 6.62. The molecule has 1 aromatic rings. The van der Waals surface area contributed by atoms with Gasteiger partial charge in [0.2, 0.25) is 11.8 Å². The van der Waals surface area contributed by atoms with E-state index in [1.54, 1.807) is 30.3 Å². The molecule has 3 aliphatic rings. The standard InChI is InChI=1S/C24H24F6N2O3/c25-23(26,27)17-9-15(10-18(11-17)24(28,29)30)13-35-14-22(16-5-2-1-3-6-16)12-19(21(34)31-22)32-8-4-7-20(32)33/h1-3,5-6,9,11,15,19H,4,7-8,10,12-14H2,(H,31,34)/t15?,19-,22+/m0/s1. The summed E-state index contributed by atoms with van der Waals surface area (Å²) in [6, 6.07) is 8.05. The molecule has 3 atom stereocenters. The molecule has 0 bridgehead atoms. The van der Waals surface area contributed by atoms with Crippen LogP contribution in [0.1, 0.15) is 31.2 Å². The average molecular weight is 502 g/mol. The van der Waals surface area contributed by atoms with Crippen molar-refractivity contribution in [3.63, 3.8) is 0 Å². The van der Waals surface area contributed by atoms with Crippen LogP contribution < -0.4 is 5.32 Å². The van der Waals surface area contributed by atoms with E-state index in [1.165, 1.54) is 4.90 Å². The normalized spacial score (nSPS) is 27.7. The first kappa shape index (κ1) is 25.3. The molecule has 11 heteroatoms. The zero-order chi connectivity index (χ0) is 25.4. The predicted octanol–water partition coefficient (Wildman–Crippen LogP) is 4.41. The van der Waals surface area contributed by atoms with E-state index < -0.39 is 54.0 Å². The second kappa shape index (κ2) is 9.33. The van der Waals surface area contributed by atoms with Crippen LogP contribution in [0.2, 0.25) is 0 Å². The molecule has 0 aromatic heterocycles. The molecule has 1 aliphatic carbocycles. The zero-order valence-corrected chi connectivity index (χ0v) is 18.6. The number of nitrogens with one attached hydrogen (secondary N) is 1. The molecule has 2 saturated heterocycles. The topological polar surface area (TPSA) is 58.6 Å². The molecular weight excluding hydrogens is 478 g/mol. The second-order valence-electron chi connectivity index (χ2n) is 9.11. The summed E-state index contributed by atoms with van der Waals surface area (Å²) in [4.78, 5) is 26.6. The summed E-state index contributed by atoms with van der Waals surface area (Å²) in [6.07, 6.45) is -8.38. The largest absolute Gasteiger partial charge is 0.416 e. The van der Waals surface area contributed by atoms with E-state index in [-0.39, 0.29) is 30.9 Å². The number of ether oxygens (including phenoxy) is 1. The highest BCUT2D eigenvalue weighted by Gasteiger charge is 2.50. The Morgan fingerprint density at radius 3 is 2.37 bits per heavy atom. The SMILES string of the molecule is O=C1N[C@](COCC2C=C(C(F)(F)F)C=C(C(F)(F)F)C2)(c2ccccc2)C[C@@H]1N1CCCC1=O. The number of hydrogen-bond donors (Lipinski definition) is 1. The summed E-state index contributed by atoms with van der Waals surface area (Å²) in [5, 5.41) is 2.89. The summed E-state index contributed by atoms with van der Waals surface area (Å²) in [5.74, 6) is -1.64. The fraction of sp³-hybridized carbons (Fsp3) is 0.500. The average Bonchev–Trinajstić information content (AvgIpc) is 3.36. The number of likely N-dealkylation sites (tertiary alicyclic amines) is 1. The Balaban J connectivity index is 1.52. The van der Waals surface area contributed by atoms with Gasteiger partial charge in [-0.15, -0.1) is 0 Å². The molecule has 35 heavy (non-hydrogen) atoms. The lowest BCUT2D eigenvalue weighted by Gasteiger charge is -2.31. The molecule has 2 aliphatic heterocycles. The molecule has 5 nitrogen and oxygen atoms in total. The smallest absolute Gasteiger partial charge is 0.378 e. The van der Waals surface area contributed by atoms with E-state index in [9.17, 15) is 35.9 Å². The maximum atomic E-state index is 13.2. The van der Waals surface area contributed by atoms with Gasteiger partial charge in [-0.2, -0.15) is 26.3 Å². The highest BCUT2D eigenvalue weighted by molar-refractivity contribution is 5.91. The maximum absolute atomic E-state index is 13.2. The highest BCUT2D eigenvalue weighted by atomic mass is 19.4. The van der Waals surface area contributed by atoms with Crippen LogP contribution in [0.4, 0.5) is 26.3 Å². The molecule has 2 heterocycles. The van der Waals surface area contributed by atoms with Crippen molar-refractivity contribution in [1.82, 2.24) is 10.2 Å². The van der Waals surface area contributed by atoms with Gasteiger partial charge >= 0.3 is 12.4 Å². The zero-order valence-electron chi connectivity index (χ0n) is 18.6. The Hall–Kier alpha value is -2.82. The molecule has 2 amide bonds. The molecular formula is C24H24F6N2O3. The minimum atomic E-state index is -4.92. The van der Waals surface area contributed by atoms with Crippen LogP contribution in [0.25, 0.3) is 0 Å². The summed E-state index contributed by atoms with van der Waals surface area (Å²) in [5.41, 5.74) is -3.02. The lowest BCUT2D eigenvalue weighted by atomic mass is 9.87. The van der Waals surface area contributed by atoms with Crippen molar-refractivity contribution in [2.75, 3.05) is 19.8 Å². The van der Waals surface area contributed by atoms with Crippen LogP contribution >= 0.6 is 0 Å². The van der Waals surface area contributed by atoms with Crippen molar-refractivity contribution in [2.24, 2.45) is 5.92 Å². The third-order valence-corrected chi connectivity index (χ3v) is 6.62. The molecule has 0 spiro atoms. The van der Waals surface area contributed by atoms with E-state index in [2.05, 4.69) is 5.32 Å². The molecule has 1 unspecified atom stereocenters. The van der Waals surface area contributed by atoms with Gasteiger partial charge in [-0.25, -0.2) is 0 Å². The van der Waals surface area contributed by atoms with Crippen LogP contribution in [-0.4, -0.2) is 54.9 Å². The number of carbonyl (C=O) groups excluding carboxylic acids is 2. The Kier molecular flexibility index (Phi) is 6.74. The van der Waals surface area contributed by atoms with Gasteiger partial charge in [0, 0.05) is 30.9 Å². The maximum Gasteiger partial charge on any atom is 0.416 e. The van der Waals surface area contributed by atoms with Gasteiger partial charge in [0.15, 0.2) is 0 Å². The van der Waals surface area contributed by atoms with E-state index in [4.69, 9.17) is 4.74 Å². The van der Waals surface area contributed by atoms with Gasteiger partial charge < -0.3 is 15.0 Å². The van der Waals surface area contributed by atoms with Gasteiger partial charge in [0.1, 0.15) is 6.04 Å². The number of alkyl halides is 6. The van der Waals surface area contributed by atoms with Crippen LogP contribution in [0.5, 0.6) is 0 Å². The van der Waals surface area contributed by atoms with Crippen LogP contribution in [0, 0.1) is 5.92 Å². The quantitative estimate of drug-likeness (QED) is 0.587. The van der Waals surface area contributed by atoms with Crippen molar-refractivity contribution < 1.29 is 40.7 Å².